The fraction of sp³-hybridized carbons (Fsp3) is 0.222. The standard InChI is InChI=1S/C18H18F3N3O3/c1-12(14-4-8-16(9-5-14)26-11-17(25)23-22)24-27-10-13-2-6-15(7-3-13)18(19,20)21/h2-9H,10-11,22H2,1H3,(H,23,25). The van der Waals surface area contributed by atoms with Gasteiger partial charge in [0.2, 0.25) is 0 Å². The van der Waals surface area contributed by atoms with Gasteiger partial charge in [0.15, 0.2) is 6.61 Å². The molecule has 0 aliphatic carbocycles. The molecule has 3 N–H and O–H groups in total. The zero-order chi connectivity index (χ0) is 19.9. The number of halogens is 3. The third kappa shape index (κ3) is 6.30. The number of ether oxygens (including phenoxy) is 1. The quantitative estimate of drug-likeness (QED) is 0.334. The van der Waals surface area contributed by atoms with Gasteiger partial charge >= 0.3 is 6.18 Å². The topological polar surface area (TPSA) is 85.9 Å². The van der Waals surface area contributed by atoms with Gasteiger partial charge < -0.3 is 9.57 Å². The molecule has 0 aromatic heterocycles. The Bertz CT molecular complexity index is 788. The minimum absolute atomic E-state index is 0.0465. The van der Waals surface area contributed by atoms with Crippen molar-refractivity contribution < 1.29 is 27.5 Å². The van der Waals surface area contributed by atoms with Gasteiger partial charge in [-0.05, 0) is 54.4 Å². The van der Waals surface area contributed by atoms with E-state index in [-0.39, 0.29) is 13.2 Å². The van der Waals surface area contributed by atoms with Crippen LogP contribution in [0.2, 0.25) is 0 Å². The number of hydrogen-bond donors (Lipinski definition) is 2. The fourth-order valence-electron chi connectivity index (χ4n) is 2.03. The van der Waals surface area contributed by atoms with E-state index in [0.29, 0.717) is 17.0 Å². The number of nitrogens with one attached hydrogen (secondary N) is 1. The molecule has 0 heterocycles. The second-order valence-electron chi connectivity index (χ2n) is 5.53. The van der Waals surface area contributed by atoms with Crippen molar-refractivity contribution in [2.24, 2.45) is 11.0 Å². The highest BCUT2D eigenvalue weighted by Crippen LogP contribution is 2.29. The summed E-state index contributed by atoms with van der Waals surface area (Å²) in [6.07, 6.45) is -4.36. The molecular formula is C18H18F3N3O3. The van der Waals surface area contributed by atoms with Crippen LogP contribution in [0.3, 0.4) is 0 Å². The van der Waals surface area contributed by atoms with Crippen molar-refractivity contribution in [1.82, 2.24) is 5.43 Å². The van der Waals surface area contributed by atoms with E-state index in [1.54, 1.807) is 31.2 Å². The lowest BCUT2D eigenvalue weighted by Crippen LogP contribution is -2.34. The van der Waals surface area contributed by atoms with Crippen molar-refractivity contribution >= 4 is 11.6 Å². The molecule has 9 heteroatoms. The first-order chi connectivity index (χ1) is 12.8. The number of hydrogen-bond acceptors (Lipinski definition) is 5. The molecule has 1 amide bonds. The van der Waals surface area contributed by atoms with Gasteiger partial charge in [0.25, 0.3) is 5.91 Å². The molecule has 2 rings (SSSR count). The molecule has 0 radical (unpaired) electrons. The van der Waals surface area contributed by atoms with E-state index in [9.17, 15) is 18.0 Å². The molecule has 2 aromatic rings. The van der Waals surface area contributed by atoms with Gasteiger partial charge in [0, 0.05) is 0 Å². The molecule has 144 valence electrons. The average Bonchev–Trinajstić information content (AvgIpc) is 2.66. The summed E-state index contributed by atoms with van der Waals surface area (Å²) in [5.74, 6) is 4.99. The zero-order valence-corrected chi connectivity index (χ0v) is 14.4. The summed E-state index contributed by atoms with van der Waals surface area (Å²) in [5.41, 5.74) is 3.16. The summed E-state index contributed by atoms with van der Waals surface area (Å²) in [4.78, 5) is 16.2. The maximum Gasteiger partial charge on any atom is 0.416 e. The second kappa shape index (κ2) is 9.04. The predicted molar refractivity (Wildman–Crippen MR) is 92.7 cm³/mol. The minimum Gasteiger partial charge on any atom is -0.484 e. The molecule has 0 fully saturated rings. The van der Waals surface area contributed by atoms with Crippen molar-refractivity contribution in [2.45, 2.75) is 19.7 Å². The summed E-state index contributed by atoms with van der Waals surface area (Å²) in [5, 5.41) is 3.95. The van der Waals surface area contributed by atoms with Gasteiger partial charge in [-0.15, -0.1) is 0 Å². The smallest absolute Gasteiger partial charge is 0.416 e. The molecular weight excluding hydrogens is 363 g/mol. The maximum atomic E-state index is 12.5. The van der Waals surface area contributed by atoms with Crippen molar-refractivity contribution in [3.63, 3.8) is 0 Å². The number of rotatable bonds is 7. The number of hydrazine groups is 1. The van der Waals surface area contributed by atoms with Crippen LogP contribution >= 0.6 is 0 Å². The highest BCUT2D eigenvalue weighted by Gasteiger charge is 2.29. The number of alkyl halides is 3. The molecule has 6 nitrogen and oxygen atoms in total. The van der Waals surface area contributed by atoms with E-state index in [4.69, 9.17) is 15.4 Å². The van der Waals surface area contributed by atoms with Crippen molar-refractivity contribution in [2.75, 3.05) is 6.61 Å². The average molecular weight is 381 g/mol. The van der Waals surface area contributed by atoms with Gasteiger partial charge in [-0.1, -0.05) is 17.3 Å². The molecule has 0 aliphatic heterocycles. The Hall–Kier alpha value is -3.07. The summed E-state index contributed by atoms with van der Waals surface area (Å²) in [7, 11) is 0. The number of amides is 1. The molecule has 0 unspecified atom stereocenters. The van der Waals surface area contributed by atoms with Crippen LogP contribution < -0.4 is 16.0 Å². The Morgan fingerprint density at radius 3 is 2.30 bits per heavy atom. The Morgan fingerprint density at radius 1 is 1.11 bits per heavy atom. The van der Waals surface area contributed by atoms with Crippen molar-refractivity contribution in [3.05, 3.63) is 65.2 Å². The van der Waals surface area contributed by atoms with Gasteiger partial charge in [0.05, 0.1) is 11.3 Å². The number of carbonyl (C=O) groups excluding carboxylic acids is 1. The van der Waals surface area contributed by atoms with Crippen LogP contribution in [0.25, 0.3) is 0 Å². The Kier molecular flexibility index (Phi) is 6.78. The van der Waals surface area contributed by atoms with Crippen LogP contribution in [0.1, 0.15) is 23.6 Å². The van der Waals surface area contributed by atoms with E-state index in [1.807, 2.05) is 5.43 Å². The molecule has 0 bridgehead atoms. The maximum absolute atomic E-state index is 12.5. The molecule has 0 saturated heterocycles. The fourth-order valence-corrected chi connectivity index (χ4v) is 2.03. The van der Waals surface area contributed by atoms with Crippen LogP contribution in [0.15, 0.2) is 53.7 Å². The van der Waals surface area contributed by atoms with Gasteiger partial charge in [-0.3, -0.25) is 10.2 Å². The summed E-state index contributed by atoms with van der Waals surface area (Å²) >= 11 is 0. The Labute approximate surface area is 153 Å². The minimum atomic E-state index is -4.36. The van der Waals surface area contributed by atoms with E-state index in [0.717, 1.165) is 17.7 Å². The first-order valence-electron chi connectivity index (χ1n) is 7.85. The Balaban J connectivity index is 1.89. The lowest BCUT2D eigenvalue weighted by atomic mass is 10.1. The van der Waals surface area contributed by atoms with E-state index in [1.165, 1.54) is 12.1 Å². The van der Waals surface area contributed by atoms with Crippen LogP contribution in [0.5, 0.6) is 5.75 Å². The number of nitrogens with zero attached hydrogens (tertiary/aromatic N) is 1. The van der Waals surface area contributed by atoms with E-state index < -0.39 is 17.6 Å². The number of benzene rings is 2. The SMILES string of the molecule is CC(=NOCc1ccc(C(F)(F)F)cc1)c1ccc(OCC(=O)NN)cc1. The van der Waals surface area contributed by atoms with Crippen molar-refractivity contribution in [1.29, 1.82) is 0 Å². The molecule has 0 atom stereocenters. The van der Waals surface area contributed by atoms with Gasteiger partial charge in [0.1, 0.15) is 12.4 Å². The number of oxime groups is 1. The van der Waals surface area contributed by atoms with Gasteiger partial charge in [-0.2, -0.15) is 13.2 Å². The Morgan fingerprint density at radius 2 is 1.74 bits per heavy atom. The van der Waals surface area contributed by atoms with Crippen LogP contribution in [0, 0.1) is 0 Å². The number of carbonyl (C=O) groups is 1. The highest BCUT2D eigenvalue weighted by molar-refractivity contribution is 5.98. The van der Waals surface area contributed by atoms with Crippen LogP contribution in [-0.2, 0) is 22.4 Å². The van der Waals surface area contributed by atoms with Gasteiger partial charge in [-0.25, -0.2) is 5.84 Å². The third-order valence-corrected chi connectivity index (χ3v) is 3.52. The molecule has 27 heavy (non-hydrogen) atoms. The normalized spacial score (nSPS) is 11.8. The first kappa shape index (κ1) is 20.2. The summed E-state index contributed by atoms with van der Waals surface area (Å²) in [6, 6.07) is 11.5. The molecule has 0 spiro atoms. The highest BCUT2D eigenvalue weighted by atomic mass is 19.4. The van der Waals surface area contributed by atoms with Crippen LogP contribution in [-0.4, -0.2) is 18.2 Å². The molecule has 0 saturated carbocycles. The largest absolute Gasteiger partial charge is 0.484 e. The number of nitrogens with two attached hydrogens (primary N) is 1. The molecule has 0 aliphatic rings. The van der Waals surface area contributed by atoms with E-state index >= 15 is 0 Å². The zero-order valence-electron chi connectivity index (χ0n) is 14.4. The first-order valence-corrected chi connectivity index (χ1v) is 7.85. The lowest BCUT2D eigenvalue weighted by molar-refractivity contribution is -0.137. The summed E-state index contributed by atoms with van der Waals surface area (Å²) in [6.45, 7) is 1.58. The van der Waals surface area contributed by atoms with Crippen molar-refractivity contribution in [3.8, 4) is 5.75 Å². The second-order valence-corrected chi connectivity index (χ2v) is 5.53. The third-order valence-electron chi connectivity index (χ3n) is 3.52. The van der Waals surface area contributed by atoms with Crippen LogP contribution in [0.4, 0.5) is 13.2 Å². The predicted octanol–water partition coefficient (Wildman–Crippen LogP) is 3.01. The monoisotopic (exact) mass is 381 g/mol. The lowest BCUT2D eigenvalue weighted by Gasteiger charge is -2.08. The molecule has 2 aromatic carbocycles. The van der Waals surface area contributed by atoms with E-state index in [2.05, 4.69) is 5.16 Å². The summed E-state index contributed by atoms with van der Waals surface area (Å²) < 4.78 is 42.8.